The smallest absolute Gasteiger partial charge is 0.306 e. The van der Waals surface area contributed by atoms with Gasteiger partial charge >= 0.3 is 5.69 Å². The Hall–Kier alpha value is -2.96. The summed E-state index contributed by atoms with van der Waals surface area (Å²) in [6, 6.07) is 6.38. The predicted molar refractivity (Wildman–Crippen MR) is 67.7 cm³/mol. The van der Waals surface area contributed by atoms with Gasteiger partial charge in [-0.25, -0.2) is 4.79 Å². The maximum absolute atomic E-state index is 11.9. The molecule has 0 radical (unpaired) electrons. The van der Waals surface area contributed by atoms with Crippen LogP contribution in [0.2, 0.25) is 0 Å². The number of H-pyrrole nitrogens is 1. The fourth-order valence-electron chi connectivity index (χ4n) is 1.77. The second kappa shape index (κ2) is 4.05. The molecule has 0 fully saturated rings. The van der Waals surface area contributed by atoms with Crippen molar-refractivity contribution in [3.63, 3.8) is 0 Å². The normalized spacial score (nSPS) is 10.7. The molecular formula is C12H8N4O3. The number of aromatic amines is 1. The Morgan fingerprint density at radius 3 is 2.68 bits per heavy atom. The highest BCUT2D eigenvalue weighted by Gasteiger charge is 2.07. The molecule has 3 aromatic rings. The number of pyridine rings is 1. The second-order valence-electron chi connectivity index (χ2n) is 3.88. The lowest BCUT2D eigenvalue weighted by Gasteiger charge is -2.05. The summed E-state index contributed by atoms with van der Waals surface area (Å²) in [7, 11) is 0. The first-order chi connectivity index (χ1) is 9.15. The predicted octanol–water partition coefficient (Wildman–Crippen LogP) is -0.466. The van der Waals surface area contributed by atoms with Crippen molar-refractivity contribution in [2.75, 3.05) is 0 Å². The molecule has 94 valence electrons. The van der Waals surface area contributed by atoms with E-state index in [1.807, 2.05) is 0 Å². The zero-order valence-electron chi connectivity index (χ0n) is 9.61. The molecule has 3 aromatic heterocycles. The molecule has 0 unspecified atom stereocenters. The molecule has 7 nitrogen and oxygen atoms in total. The van der Waals surface area contributed by atoms with E-state index in [9.17, 15) is 14.4 Å². The fourth-order valence-corrected chi connectivity index (χ4v) is 1.77. The van der Waals surface area contributed by atoms with Gasteiger partial charge in [-0.1, -0.05) is 6.07 Å². The van der Waals surface area contributed by atoms with Crippen LogP contribution in [-0.2, 0) is 0 Å². The van der Waals surface area contributed by atoms with E-state index < -0.39 is 16.8 Å². The summed E-state index contributed by atoms with van der Waals surface area (Å²) < 4.78 is 2.67. The Balaban J connectivity index is 2.36. The summed E-state index contributed by atoms with van der Waals surface area (Å²) in [5.41, 5.74) is -1.18. The third kappa shape index (κ3) is 1.86. The van der Waals surface area contributed by atoms with Crippen LogP contribution in [0.25, 0.3) is 11.3 Å². The first-order valence-corrected chi connectivity index (χ1v) is 5.45. The molecule has 0 aliphatic carbocycles. The van der Waals surface area contributed by atoms with Crippen molar-refractivity contribution in [2.45, 2.75) is 0 Å². The highest BCUT2D eigenvalue weighted by Crippen LogP contribution is 2.00. The highest BCUT2D eigenvalue weighted by molar-refractivity contribution is 5.41. The van der Waals surface area contributed by atoms with Gasteiger partial charge in [0.05, 0.1) is 0 Å². The largest absolute Gasteiger partial charge is 0.333 e. The number of hydrogen-bond acceptors (Lipinski definition) is 4. The van der Waals surface area contributed by atoms with Gasteiger partial charge in [-0.3, -0.25) is 19.1 Å². The lowest BCUT2D eigenvalue weighted by Crippen LogP contribution is -2.31. The molecule has 3 rings (SSSR count). The standard InChI is InChI=1S/C12H8N4O3/c17-10-4-6-16(12(19)14-10)8-7-15-5-2-1-3-9(15)13-11(8)18/h1-7H,(H,14,17,19). The van der Waals surface area contributed by atoms with E-state index in [2.05, 4.69) is 9.97 Å². The van der Waals surface area contributed by atoms with Crippen LogP contribution in [-0.4, -0.2) is 18.9 Å². The first-order valence-electron chi connectivity index (χ1n) is 5.45. The molecule has 0 saturated heterocycles. The fraction of sp³-hybridized carbons (Fsp3) is 0. The van der Waals surface area contributed by atoms with E-state index in [0.29, 0.717) is 5.65 Å². The third-order valence-electron chi connectivity index (χ3n) is 2.65. The lowest BCUT2D eigenvalue weighted by molar-refractivity contribution is 0.866. The van der Waals surface area contributed by atoms with E-state index >= 15 is 0 Å². The third-order valence-corrected chi connectivity index (χ3v) is 2.65. The monoisotopic (exact) mass is 256 g/mol. The molecule has 0 saturated carbocycles. The summed E-state index contributed by atoms with van der Waals surface area (Å²) in [5, 5.41) is 0. The molecule has 19 heavy (non-hydrogen) atoms. The van der Waals surface area contributed by atoms with Crippen molar-refractivity contribution in [3.05, 3.63) is 74.0 Å². The van der Waals surface area contributed by atoms with Gasteiger partial charge in [0.2, 0.25) is 0 Å². The van der Waals surface area contributed by atoms with Crippen LogP contribution in [0.3, 0.4) is 0 Å². The topological polar surface area (TPSA) is 89.2 Å². The van der Waals surface area contributed by atoms with Gasteiger partial charge in [0.15, 0.2) is 0 Å². The van der Waals surface area contributed by atoms with Gasteiger partial charge in [-0.05, 0) is 12.1 Å². The summed E-state index contributed by atoms with van der Waals surface area (Å²) in [6.45, 7) is 0. The van der Waals surface area contributed by atoms with Gasteiger partial charge < -0.3 is 4.40 Å². The summed E-state index contributed by atoms with van der Waals surface area (Å²) >= 11 is 0. The highest BCUT2D eigenvalue weighted by atomic mass is 16.2. The summed E-state index contributed by atoms with van der Waals surface area (Å²) in [6.07, 6.45) is 4.45. The van der Waals surface area contributed by atoms with Crippen LogP contribution in [0.5, 0.6) is 0 Å². The lowest BCUT2D eigenvalue weighted by atomic mass is 10.4. The molecule has 0 spiro atoms. The number of fused-ring (bicyclic) bond motifs is 1. The minimum absolute atomic E-state index is 0.0740. The van der Waals surface area contributed by atoms with Crippen LogP contribution in [0, 0.1) is 0 Å². The Bertz CT molecular complexity index is 936. The molecule has 0 aromatic carbocycles. The van der Waals surface area contributed by atoms with E-state index in [1.165, 1.54) is 18.5 Å². The molecule has 0 amide bonds. The Labute approximate surface area is 105 Å². The van der Waals surface area contributed by atoms with Crippen LogP contribution in [0.1, 0.15) is 0 Å². The van der Waals surface area contributed by atoms with E-state index in [0.717, 1.165) is 4.57 Å². The minimum atomic E-state index is -0.678. The number of nitrogens with zero attached hydrogens (tertiary/aromatic N) is 3. The summed E-state index contributed by atoms with van der Waals surface area (Å²) in [5.74, 6) is 0. The quantitative estimate of drug-likeness (QED) is 0.637. The van der Waals surface area contributed by atoms with Gasteiger partial charge in [0.1, 0.15) is 11.3 Å². The molecule has 0 aliphatic rings. The average Bonchev–Trinajstić information content (AvgIpc) is 2.38. The first kappa shape index (κ1) is 11.1. The number of rotatable bonds is 1. The molecule has 3 heterocycles. The number of nitrogens with one attached hydrogen (secondary N) is 1. The van der Waals surface area contributed by atoms with Crippen molar-refractivity contribution in [1.29, 1.82) is 0 Å². The van der Waals surface area contributed by atoms with Crippen molar-refractivity contribution in [2.24, 2.45) is 0 Å². The van der Waals surface area contributed by atoms with Crippen LogP contribution >= 0.6 is 0 Å². The molecule has 0 atom stereocenters. The van der Waals surface area contributed by atoms with Gasteiger partial charge in [0.25, 0.3) is 11.1 Å². The van der Waals surface area contributed by atoms with E-state index in [4.69, 9.17) is 0 Å². The maximum atomic E-state index is 11.9. The Morgan fingerprint density at radius 2 is 1.89 bits per heavy atom. The Kier molecular flexibility index (Phi) is 2.38. The molecule has 0 bridgehead atoms. The van der Waals surface area contributed by atoms with Crippen molar-refractivity contribution in [1.82, 2.24) is 18.9 Å². The van der Waals surface area contributed by atoms with E-state index in [-0.39, 0.29) is 5.69 Å². The second-order valence-corrected chi connectivity index (χ2v) is 3.88. The van der Waals surface area contributed by atoms with Crippen molar-refractivity contribution in [3.8, 4) is 5.69 Å². The number of aromatic nitrogens is 4. The van der Waals surface area contributed by atoms with Crippen molar-refractivity contribution >= 4 is 5.65 Å². The van der Waals surface area contributed by atoms with Crippen LogP contribution < -0.4 is 16.8 Å². The Morgan fingerprint density at radius 1 is 1.05 bits per heavy atom. The molecule has 0 aliphatic heterocycles. The van der Waals surface area contributed by atoms with Gasteiger partial charge in [-0.15, -0.1) is 0 Å². The molecule has 1 N–H and O–H groups in total. The SMILES string of the molecule is O=c1ccn(-c2cn3ccccc3nc2=O)c(=O)[nH]1. The maximum Gasteiger partial charge on any atom is 0.333 e. The average molecular weight is 256 g/mol. The number of hydrogen-bond donors (Lipinski definition) is 1. The van der Waals surface area contributed by atoms with E-state index in [1.54, 1.807) is 28.8 Å². The van der Waals surface area contributed by atoms with Gasteiger partial charge in [0, 0.05) is 24.7 Å². The van der Waals surface area contributed by atoms with Crippen molar-refractivity contribution < 1.29 is 0 Å². The zero-order valence-corrected chi connectivity index (χ0v) is 9.61. The van der Waals surface area contributed by atoms with Gasteiger partial charge in [-0.2, -0.15) is 4.98 Å². The summed E-state index contributed by atoms with van der Waals surface area (Å²) in [4.78, 5) is 40.5. The van der Waals surface area contributed by atoms with Crippen LogP contribution in [0.4, 0.5) is 0 Å². The zero-order chi connectivity index (χ0) is 13.4. The van der Waals surface area contributed by atoms with Crippen LogP contribution in [0.15, 0.2) is 57.2 Å². The molecular weight excluding hydrogens is 248 g/mol. The minimum Gasteiger partial charge on any atom is -0.306 e. The molecule has 7 heteroatoms.